The van der Waals surface area contributed by atoms with Gasteiger partial charge in [0, 0.05) is 43.3 Å². The maximum atomic E-state index is 13.8. The van der Waals surface area contributed by atoms with Crippen molar-refractivity contribution >= 4 is 32.5 Å². The summed E-state index contributed by atoms with van der Waals surface area (Å²) in [4.78, 5) is 13.8. The Morgan fingerprint density at radius 3 is 2.54 bits per heavy atom. The molecule has 41 heavy (non-hydrogen) atoms. The molecule has 1 fully saturated rings. The van der Waals surface area contributed by atoms with Gasteiger partial charge in [-0.15, -0.1) is 0 Å². The predicted octanol–water partition coefficient (Wildman–Crippen LogP) is 4.24. The zero-order valence-corrected chi connectivity index (χ0v) is 25.5. The Balaban J connectivity index is 1.40. The monoisotopic (exact) mass is 580 g/mol. The topological polar surface area (TPSA) is 104 Å². The lowest BCUT2D eigenvalue weighted by Gasteiger charge is -2.35. The minimum absolute atomic E-state index is 0.0272. The van der Waals surface area contributed by atoms with Gasteiger partial charge in [-0.2, -0.15) is 0 Å². The highest BCUT2D eigenvalue weighted by Gasteiger charge is 2.31. The molecule has 1 aromatic heterocycles. The Labute approximate surface area is 244 Å². The van der Waals surface area contributed by atoms with Crippen molar-refractivity contribution in [2.75, 3.05) is 23.7 Å². The summed E-state index contributed by atoms with van der Waals surface area (Å²) < 4.78 is 29.2. The molecule has 2 aromatic carbocycles. The van der Waals surface area contributed by atoms with Gasteiger partial charge in [0.2, 0.25) is 10.0 Å². The molecule has 1 amide bonds. The smallest absolute Gasteiger partial charge is 0.251 e. The van der Waals surface area contributed by atoms with E-state index in [4.69, 9.17) is 0 Å². The molecule has 8 nitrogen and oxygen atoms in total. The van der Waals surface area contributed by atoms with E-state index in [1.807, 2.05) is 49.5 Å². The molecule has 0 saturated heterocycles. The van der Waals surface area contributed by atoms with Gasteiger partial charge in [-0.3, -0.25) is 9.10 Å². The molecule has 9 heteroatoms. The number of nitrogens with zero attached hydrogens (tertiary/aromatic N) is 2. The first-order chi connectivity index (χ1) is 19.5. The third-order valence-corrected chi connectivity index (χ3v) is 10.8. The molecule has 5 rings (SSSR count). The van der Waals surface area contributed by atoms with E-state index in [2.05, 4.69) is 29.0 Å². The molecule has 222 valence electrons. The number of anilines is 1. The van der Waals surface area contributed by atoms with Crippen LogP contribution in [0.5, 0.6) is 0 Å². The van der Waals surface area contributed by atoms with Gasteiger partial charge in [0.25, 0.3) is 5.91 Å². The largest absolute Gasteiger partial charge is 0.390 e. The normalized spacial score (nSPS) is 20.0. The second-order valence-corrected chi connectivity index (χ2v) is 14.7. The molecule has 0 bridgehead atoms. The average molecular weight is 581 g/mol. The lowest BCUT2D eigenvalue weighted by molar-refractivity contribution is 0.0813. The lowest BCUT2D eigenvalue weighted by Crippen LogP contribution is -2.50. The summed E-state index contributed by atoms with van der Waals surface area (Å²) in [5.41, 5.74) is 4.11. The van der Waals surface area contributed by atoms with Crippen molar-refractivity contribution in [2.45, 2.75) is 84.0 Å². The fourth-order valence-electron chi connectivity index (χ4n) is 6.28. The standard InChI is InChI=1S/C32H44N4O4S/c1-5-36-21-23-13-16-41(39,40)35(4)27-18-24(19-28(36)30(23)27)31(38)34-26(17-22-9-7-6-8-10-22)29(37)20-33-25-11-14-32(2,3)15-12-25/h6-10,18-19,21,25-26,29,33,37H,5,11-17,20H2,1-4H3,(H,34,38)/t26-,29+/m0/s1. The summed E-state index contributed by atoms with van der Waals surface area (Å²) in [6, 6.07) is 13.2. The summed E-state index contributed by atoms with van der Waals surface area (Å²) in [5, 5.41) is 18.9. The van der Waals surface area contributed by atoms with Crippen LogP contribution in [-0.4, -0.2) is 61.5 Å². The average Bonchev–Trinajstić information content (AvgIpc) is 3.28. The van der Waals surface area contributed by atoms with E-state index in [-0.39, 0.29) is 11.7 Å². The van der Waals surface area contributed by atoms with Crippen LogP contribution in [0.25, 0.3) is 10.9 Å². The Morgan fingerprint density at radius 1 is 1.15 bits per heavy atom. The number of aromatic nitrogens is 1. The first-order valence-electron chi connectivity index (χ1n) is 14.9. The Kier molecular flexibility index (Phi) is 8.51. The van der Waals surface area contributed by atoms with Gasteiger partial charge in [0.15, 0.2) is 0 Å². The number of aryl methyl sites for hydroxylation is 2. The van der Waals surface area contributed by atoms with Crippen LogP contribution in [0.3, 0.4) is 0 Å². The van der Waals surface area contributed by atoms with Crippen molar-refractivity contribution in [3.05, 3.63) is 65.4 Å². The number of rotatable bonds is 9. The molecule has 0 spiro atoms. The number of hydrogen-bond acceptors (Lipinski definition) is 5. The van der Waals surface area contributed by atoms with E-state index in [1.165, 1.54) is 4.31 Å². The SMILES string of the molecule is CCn1cc2c3c(cc(C(=O)N[C@@H](Cc4ccccc4)[C@H](O)CNC4CCC(C)(C)CC4)cc31)N(C)S(=O)(=O)CC2. The summed E-state index contributed by atoms with van der Waals surface area (Å²) in [5.74, 6) is -0.303. The molecular weight excluding hydrogens is 536 g/mol. The number of benzene rings is 2. The minimum atomic E-state index is -3.50. The lowest BCUT2D eigenvalue weighted by atomic mass is 9.75. The van der Waals surface area contributed by atoms with Crippen LogP contribution in [0.1, 0.15) is 67.9 Å². The van der Waals surface area contributed by atoms with Crippen LogP contribution in [0, 0.1) is 5.41 Å². The molecule has 2 atom stereocenters. The Morgan fingerprint density at radius 2 is 1.85 bits per heavy atom. The molecular formula is C32H44N4O4S. The summed E-state index contributed by atoms with van der Waals surface area (Å²) in [6.45, 7) is 7.74. The second-order valence-electron chi connectivity index (χ2n) is 12.5. The quantitative estimate of drug-likeness (QED) is 0.351. The highest BCUT2D eigenvalue weighted by Crippen LogP contribution is 2.37. The Hall–Kier alpha value is -2.88. The van der Waals surface area contributed by atoms with Crippen molar-refractivity contribution < 1.29 is 18.3 Å². The molecule has 1 aliphatic heterocycles. The molecule has 3 aromatic rings. The molecule has 2 aliphatic rings. The van der Waals surface area contributed by atoms with Crippen LogP contribution >= 0.6 is 0 Å². The zero-order valence-electron chi connectivity index (χ0n) is 24.7. The third kappa shape index (κ3) is 6.47. The Bertz CT molecular complexity index is 1490. The summed E-state index contributed by atoms with van der Waals surface area (Å²) >= 11 is 0. The highest BCUT2D eigenvalue weighted by atomic mass is 32.2. The van der Waals surface area contributed by atoms with Crippen molar-refractivity contribution in [1.29, 1.82) is 0 Å². The van der Waals surface area contributed by atoms with Crippen molar-refractivity contribution in [3.8, 4) is 0 Å². The van der Waals surface area contributed by atoms with Gasteiger partial charge < -0.3 is 20.3 Å². The molecule has 1 saturated carbocycles. The molecule has 0 radical (unpaired) electrons. The van der Waals surface area contributed by atoms with Crippen LogP contribution in [-0.2, 0) is 29.4 Å². The number of carbonyl (C=O) groups is 1. The minimum Gasteiger partial charge on any atom is -0.390 e. The van der Waals surface area contributed by atoms with Gasteiger partial charge in [0.1, 0.15) is 0 Å². The van der Waals surface area contributed by atoms with Gasteiger partial charge in [-0.05, 0) is 74.1 Å². The van der Waals surface area contributed by atoms with E-state index >= 15 is 0 Å². The zero-order chi connectivity index (χ0) is 29.4. The maximum Gasteiger partial charge on any atom is 0.251 e. The predicted molar refractivity (Wildman–Crippen MR) is 165 cm³/mol. The number of hydrogen-bond donors (Lipinski definition) is 3. The van der Waals surface area contributed by atoms with Crippen molar-refractivity contribution in [3.63, 3.8) is 0 Å². The number of sulfonamides is 1. The van der Waals surface area contributed by atoms with Gasteiger partial charge in [0.05, 0.1) is 29.1 Å². The number of carbonyl (C=O) groups excluding carboxylic acids is 1. The first kappa shape index (κ1) is 29.6. The number of aliphatic hydroxyl groups is 1. The number of nitrogens with one attached hydrogen (secondary N) is 2. The number of aliphatic hydroxyl groups excluding tert-OH is 1. The molecule has 3 N–H and O–H groups in total. The van der Waals surface area contributed by atoms with Crippen LogP contribution in [0.4, 0.5) is 5.69 Å². The van der Waals surface area contributed by atoms with Crippen molar-refractivity contribution in [2.24, 2.45) is 5.41 Å². The van der Waals surface area contributed by atoms with E-state index in [9.17, 15) is 18.3 Å². The molecule has 2 heterocycles. The second kappa shape index (κ2) is 11.8. The van der Waals surface area contributed by atoms with Gasteiger partial charge in [-0.1, -0.05) is 44.2 Å². The maximum absolute atomic E-state index is 13.8. The fourth-order valence-corrected chi connectivity index (χ4v) is 7.48. The first-order valence-corrected chi connectivity index (χ1v) is 16.5. The van der Waals surface area contributed by atoms with E-state index in [1.54, 1.807) is 13.1 Å². The van der Waals surface area contributed by atoms with Crippen LogP contribution in [0.2, 0.25) is 0 Å². The molecule has 1 aliphatic carbocycles. The number of amides is 1. The van der Waals surface area contributed by atoms with Crippen LogP contribution < -0.4 is 14.9 Å². The van der Waals surface area contributed by atoms with E-state index in [0.717, 1.165) is 47.7 Å². The van der Waals surface area contributed by atoms with Crippen LogP contribution in [0.15, 0.2) is 48.7 Å². The van der Waals surface area contributed by atoms with Crippen molar-refractivity contribution in [1.82, 2.24) is 15.2 Å². The summed E-state index contributed by atoms with van der Waals surface area (Å²) in [7, 11) is -1.94. The van der Waals surface area contributed by atoms with Gasteiger partial charge >= 0.3 is 0 Å². The van der Waals surface area contributed by atoms with E-state index < -0.39 is 22.2 Å². The van der Waals surface area contributed by atoms with E-state index in [0.29, 0.717) is 48.6 Å². The fraction of sp³-hybridized carbons (Fsp3) is 0.531. The third-order valence-electron chi connectivity index (χ3n) is 9.06. The van der Waals surface area contributed by atoms with Gasteiger partial charge in [-0.25, -0.2) is 8.42 Å². The summed E-state index contributed by atoms with van der Waals surface area (Å²) in [6.07, 6.45) is 6.58. The molecule has 0 unspecified atom stereocenters. The highest BCUT2D eigenvalue weighted by molar-refractivity contribution is 7.92.